The van der Waals surface area contributed by atoms with Crippen LogP contribution in [0.15, 0.2) is 10.7 Å². The van der Waals surface area contributed by atoms with Gasteiger partial charge in [0.2, 0.25) is 0 Å². The Kier molecular flexibility index (Phi) is 6.39. The maximum atomic E-state index is 12.4. The van der Waals surface area contributed by atoms with E-state index in [0.29, 0.717) is 19.9 Å². The summed E-state index contributed by atoms with van der Waals surface area (Å²) in [6.07, 6.45) is -3.39. The Bertz CT molecular complexity index is 381. The summed E-state index contributed by atoms with van der Waals surface area (Å²) in [7, 11) is 0. The first kappa shape index (κ1) is 16.2. The van der Waals surface area contributed by atoms with E-state index in [4.69, 9.17) is 5.73 Å². The van der Waals surface area contributed by atoms with Crippen LogP contribution in [0.3, 0.4) is 0 Å². The van der Waals surface area contributed by atoms with Crippen LogP contribution in [0.1, 0.15) is 12.6 Å². The first-order chi connectivity index (χ1) is 8.35. The monoisotopic (exact) mass is 441 g/mol. The minimum atomic E-state index is -4.02. The molecular weight excluding hydrogens is 426 g/mol. The van der Waals surface area contributed by atoms with Crippen LogP contribution in [-0.4, -0.2) is 29.2 Å². The summed E-state index contributed by atoms with van der Waals surface area (Å²) in [5.41, 5.74) is 6.42. The van der Waals surface area contributed by atoms with Gasteiger partial charge < -0.3 is 0 Å². The van der Waals surface area contributed by atoms with Gasteiger partial charge in [0.1, 0.15) is 0 Å². The number of aromatic nitrogens is 2. The van der Waals surface area contributed by atoms with Crippen LogP contribution in [0.4, 0.5) is 13.2 Å². The number of rotatable bonds is 6. The van der Waals surface area contributed by atoms with Crippen LogP contribution in [0.25, 0.3) is 0 Å². The predicted molar refractivity (Wildman–Crippen MR) is 78.2 cm³/mol. The topological polar surface area (TPSA) is 43.8 Å². The second-order valence-corrected chi connectivity index (χ2v) is 11.1. The SMILES string of the molecule is CCI(CCc1cc(Br)nn1CN)CC(F)(F)F. The number of halogens is 5. The third kappa shape index (κ3) is 5.43. The van der Waals surface area contributed by atoms with E-state index in [-0.39, 0.29) is 6.67 Å². The van der Waals surface area contributed by atoms with Crippen molar-refractivity contribution >= 4 is 35.7 Å². The van der Waals surface area contributed by atoms with Gasteiger partial charge in [-0.1, -0.05) is 0 Å². The molecule has 18 heavy (non-hydrogen) atoms. The van der Waals surface area contributed by atoms with Crippen LogP contribution in [0.5, 0.6) is 0 Å². The molecule has 0 saturated heterocycles. The van der Waals surface area contributed by atoms with Gasteiger partial charge in [0.05, 0.1) is 0 Å². The van der Waals surface area contributed by atoms with Crippen molar-refractivity contribution in [1.82, 2.24) is 9.78 Å². The first-order valence-electron chi connectivity index (χ1n) is 5.42. The average Bonchev–Trinajstić information content (AvgIpc) is 2.63. The van der Waals surface area contributed by atoms with Gasteiger partial charge in [-0.3, -0.25) is 0 Å². The second-order valence-electron chi connectivity index (χ2n) is 3.66. The van der Waals surface area contributed by atoms with Gasteiger partial charge in [0.25, 0.3) is 0 Å². The van der Waals surface area contributed by atoms with Gasteiger partial charge in [-0.05, 0) is 0 Å². The van der Waals surface area contributed by atoms with Crippen molar-refractivity contribution in [1.29, 1.82) is 0 Å². The van der Waals surface area contributed by atoms with Crippen molar-refractivity contribution in [2.45, 2.75) is 26.2 Å². The number of nitrogens with two attached hydrogens (primary N) is 1. The van der Waals surface area contributed by atoms with E-state index in [0.717, 1.165) is 5.69 Å². The zero-order valence-corrected chi connectivity index (χ0v) is 13.7. The molecule has 0 aromatic carbocycles. The molecule has 0 radical (unpaired) electrons. The molecule has 0 atom stereocenters. The zero-order valence-electron chi connectivity index (χ0n) is 9.97. The molecule has 106 valence electrons. The normalized spacial score (nSPS) is 12.9. The van der Waals surface area contributed by atoms with Crippen molar-refractivity contribution < 1.29 is 13.2 Å². The molecule has 1 rings (SSSR count). The molecule has 8 heteroatoms. The van der Waals surface area contributed by atoms with Crippen LogP contribution < -0.4 is 5.73 Å². The van der Waals surface area contributed by atoms with Gasteiger partial charge in [0, 0.05) is 0 Å². The van der Waals surface area contributed by atoms with Gasteiger partial charge in [-0.2, -0.15) is 0 Å². The standard InChI is InChI=1S/C10H16BrF3IN3/c1-2-15(6-10(12,13)14)4-3-8-5-9(11)17-18(8)7-16/h5H,2-4,6-7,16H2,1H3. The Morgan fingerprint density at radius 2 is 2.17 bits per heavy atom. The molecular formula is C10H16BrF3IN3. The molecule has 0 bridgehead atoms. The first-order valence-corrected chi connectivity index (χ1v) is 10.8. The molecule has 0 fully saturated rings. The summed E-state index contributed by atoms with van der Waals surface area (Å²) in [5.74, 6) is 0. The number of nitrogens with zero attached hydrogens (tertiary/aromatic N) is 2. The Balaban J connectivity index is 2.56. The molecule has 0 aliphatic carbocycles. The molecule has 0 aliphatic rings. The molecule has 3 nitrogen and oxygen atoms in total. The summed E-state index contributed by atoms with van der Waals surface area (Å²) < 4.78 is 40.2. The maximum absolute atomic E-state index is 12.4. The quantitative estimate of drug-likeness (QED) is 0.544. The van der Waals surface area contributed by atoms with Crippen LogP contribution >= 0.6 is 35.7 Å². The third-order valence-electron chi connectivity index (χ3n) is 2.34. The Labute approximate surface area is 120 Å². The summed E-state index contributed by atoms with van der Waals surface area (Å²) in [6.45, 7) is 2.10. The van der Waals surface area contributed by atoms with Crippen molar-refractivity contribution in [3.63, 3.8) is 0 Å². The third-order valence-corrected chi connectivity index (χ3v) is 8.90. The molecule has 0 spiro atoms. The summed E-state index contributed by atoms with van der Waals surface area (Å²) in [5, 5.41) is 4.11. The van der Waals surface area contributed by atoms with Crippen LogP contribution in [0, 0.1) is 0 Å². The average molecular weight is 442 g/mol. The predicted octanol–water partition coefficient (Wildman–Crippen LogP) is 3.19. The molecule has 2 N–H and O–H groups in total. The fourth-order valence-corrected chi connectivity index (χ4v) is 6.20. The Morgan fingerprint density at radius 1 is 1.50 bits per heavy atom. The number of alkyl halides is 6. The number of hydrogen-bond donors (Lipinski definition) is 1. The summed E-state index contributed by atoms with van der Waals surface area (Å²) in [4.78, 5) is 0. The van der Waals surface area contributed by atoms with E-state index in [1.807, 2.05) is 13.0 Å². The van der Waals surface area contributed by atoms with E-state index in [9.17, 15) is 13.2 Å². The number of aryl methyl sites for hydroxylation is 1. The van der Waals surface area contributed by atoms with E-state index < -0.39 is 30.4 Å². The molecule has 1 heterocycles. The molecule has 0 amide bonds. The van der Waals surface area contributed by atoms with Crippen molar-refractivity contribution in [2.75, 3.05) is 13.3 Å². The zero-order chi connectivity index (χ0) is 13.8. The summed E-state index contributed by atoms with van der Waals surface area (Å²) in [6, 6.07) is 1.82. The van der Waals surface area contributed by atoms with Crippen molar-refractivity contribution in [3.8, 4) is 0 Å². The van der Waals surface area contributed by atoms with E-state index in [1.54, 1.807) is 4.68 Å². The molecule has 1 aromatic heterocycles. The molecule has 0 aliphatic heterocycles. The van der Waals surface area contributed by atoms with Gasteiger partial charge in [-0.15, -0.1) is 0 Å². The van der Waals surface area contributed by atoms with E-state index in [2.05, 4.69) is 21.0 Å². The van der Waals surface area contributed by atoms with Gasteiger partial charge in [0.15, 0.2) is 0 Å². The van der Waals surface area contributed by atoms with E-state index >= 15 is 0 Å². The van der Waals surface area contributed by atoms with Crippen LogP contribution in [0.2, 0.25) is 0 Å². The second kappa shape index (κ2) is 7.09. The van der Waals surface area contributed by atoms with Crippen molar-refractivity contribution in [3.05, 3.63) is 16.4 Å². The summed E-state index contributed by atoms with van der Waals surface area (Å²) >= 11 is 1.31. The Morgan fingerprint density at radius 3 is 2.67 bits per heavy atom. The number of hydrogen-bond acceptors (Lipinski definition) is 2. The molecule has 0 unspecified atom stereocenters. The molecule has 1 aromatic rings. The van der Waals surface area contributed by atoms with Crippen molar-refractivity contribution in [2.24, 2.45) is 5.73 Å². The fourth-order valence-electron chi connectivity index (χ4n) is 1.52. The molecule has 0 saturated carbocycles. The fraction of sp³-hybridized carbons (Fsp3) is 0.700. The minimum absolute atomic E-state index is 0.251. The van der Waals surface area contributed by atoms with Gasteiger partial charge >= 0.3 is 120 Å². The Hall–Kier alpha value is 0.170. The van der Waals surface area contributed by atoms with Crippen LogP contribution in [-0.2, 0) is 13.1 Å². The van der Waals surface area contributed by atoms with Gasteiger partial charge in [-0.25, -0.2) is 0 Å². The van der Waals surface area contributed by atoms with E-state index in [1.165, 1.54) is 0 Å².